The molecule has 1 aromatic heterocycles. The van der Waals surface area contributed by atoms with Crippen molar-refractivity contribution in [3.8, 4) is 17.2 Å². The van der Waals surface area contributed by atoms with Crippen molar-refractivity contribution < 1.29 is 23.4 Å². The van der Waals surface area contributed by atoms with Crippen molar-refractivity contribution in [1.82, 2.24) is 0 Å². The zero-order valence-electron chi connectivity index (χ0n) is 9.77. The standard InChI is InChI=1S/C12H12O5/c1-7(13)17-11-6-16-10-5-8(14-2)4-9(15-3)12(10)11/h4-6H,1-3H3. The van der Waals surface area contributed by atoms with Gasteiger partial charge in [-0.25, -0.2) is 0 Å². The van der Waals surface area contributed by atoms with Crippen LogP contribution in [-0.2, 0) is 4.79 Å². The second kappa shape index (κ2) is 4.37. The molecule has 0 saturated heterocycles. The summed E-state index contributed by atoms with van der Waals surface area (Å²) in [5.74, 6) is 1.07. The van der Waals surface area contributed by atoms with Crippen molar-refractivity contribution in [2.24, 2.45) is 0 Å². The quantitative estimate of drug-likeness (QED) is 0.766. The van der Waals surface area contributed by atoms with E-state index in [4.69, 9.17) is 18.6 Å². The van der Waals surface area contributed by atoms with E-state index in [9.17, 15) is 4.79 Å². The third-order valence-corrected chi connectivity index (χ3v) is 2.29. The number of esters is 1. The lowest BCUT2D eigenvalue weighted by molar-refractivity contribution is -0.131. The highest BCUT2D eigenvalue weighted by Crippen LogP contribution is 2.38. The van der Waals surface area contributed by atoms with Crippen LogP contribution >= 0.6 is 0 Å². The van der Waals surface area contributed by atoms with E-state index in [-0.39, 0.29) is 0 Å². The summed E-state index contributed by atoms with van der Waals surface area (Å²) >= 11 is 0. The number of carbonyl (C=O) groups is 1. The Kier molecular flexibility index (Phi) is 2.91. The number of carbonyl (C=O) groups excluding carboxylic acids is 1. The van der Waals surface area contributed by atoms with E-state index < -0.39 is 5.97 Å². The molecule has 1 aromatic carbocycles. The highest BCUT2D eigenvalue weighted by Gasteiger charge is 2.16. The lowest BCUT2D eigenvalue weighted by Crippen LogP contribution is -2.00. The SMILES string of the molecule is COc1cc(OC)c2c(OC(C)=O)coc2c1. The Morgan fingerprint density at radius 1 is 1.18 bits per heavy atom. The number of ether oxygens (including phenoxy) is 3. The van der Waals surface area contributed by atoms with Gasteiger partial charge in [-0.15, -0.1) is 0 Å². The van der Waals surface area contributed by atoms with Crippen molar-refractivity contribution in [1.29, 1.82) is 0 Å². The summed E-state index contributed by atoms with van der Waals surface area (Å²) in [6.07, 6.45) is 1.37. The summed E-state index contributed by atoms with van der Waals surface area (Å²) in [7, 11) is 3.08. The topological polar surface area (TPSA) is 57.9 Å². The minimum Gasteiger partial charge on any atom is -0.496 e. The van der Waals surface area contributed by atoms with Gasteiger partial charge in [-0.1, -0.05) is 0 Å². The predicted molar refractivity (Wildman–Crippen MR) is 60.6 cm³/mol. The van der Waals surface area contributed by atoms with Crippen LogP contribution in [0.15, 0.2) is 22.8 Å². The maximum absolute atomic E-state index is 10.9. The molecule has 17 heavy (non-hydrogen) atoms. The zero-order chi connectivity index (χ0) is 12.4. The number of furan rings is 1. The number of methoxy groups -OCH3 is 2. The maximum Gasteiger partial charge on any atom is 0.308 e. The second-order valence-electron chi connectivity index (χ2n) is 3.40. The first-order valence-electron chi connectivity index (χ1n) is 4.97. The molecule has 2 aromatic rings. The highest BCUT2D eigenvalue weighted by molar-refractivity contribution is 5.93. The van der Waals surface area contributed by atoms with Crippen LogP contribution in [0.4, 0.5) is 0 Å². The Bertz CT molecular complexity index is 555. The van der Waals surface area contributed by atoms with E-state index in [0.717, 1.165) is 0 Å². The number of hydrogen-bond donors (Lipinski definition) is 0. The average molecular weight is 236 g/mol. The van der Waals surface area contributed by atoms with Gasteiger partial charge < -0.3 is 18.6 Å². The van der Waals surface area contributed by atoms with Crippen LogP contribution in [0.25, 0.3) is 11.0 Å². The molecular formula is C12H12O5. The van der Waals surface area contributed by atoms with E-state index >= 15 is 0 Å². The van der Waals surface area contributed by atoms with E-state index in [1.165, 1.54) is 20.3 Å². The highest BCUT2D eigenvalue weighted by atomic mass is 16.5. The van der Waals surface area contributed by atoms with Gasteiger partial charge in [0.15, 0.2) is 5.75 Å². The molecule has 5 nitrogen and oxygen atoms in total. The predicted octanol–water partition coefficient (Wildman–Crippen LogP) is 2.38. The molecule has 90 valence electrons. The Hall–Kier alpha value is -2.17. The van der Waals surface area contributed by atoms with Crippen LogP contribution in [0.2, 0.25) is 0 Å². The third kappa shape index (κ3) is 2.04. The number of benzene rings is 1. The molecule has 1 heterocycles. The van der Waals surface area contributed by atoms with E-state index in [2.05, 4.69) is 0 Å². The molecule has 0 aliphatic carbocycles. The van der Waals surface area contributed by atoms with Crippen molar-refractivity contribution >= 4 is 16.9 Å². The van der Waals surface area contributed by atoms with E-state index in [1.54, 1.807) is 19.2 Å². The normalized spacial score (nSPS) is 10.3. The fourth-order valence-electron chi connectivity index (χ4n) is 1.59. The smallest absolute Gasteiger partial charge is 0.308 e. The summed E-state index contributed by atoms with van der Waals surface area (Å²) in [6, 6.07) is 3.40. The van der Waals surface area contributed by atoms with Gasteiger partial charge in [0.25, 0.3) is 0 Å². The fourth-order valence-corrected chi connectivity index (χ4v) is 1.59. The first-order valence-corrected chi connectivity index (χ1v) is 4.97. The largest absolute Gasteiger partial charge is 0.496 e. The fraction of sp³-hybridized carbons (Fsp3) is 0.250. The minimum atomic E-state index is -0.412. The van der Waals surface area contributed by atoms with Crippen LogP contribution in [0.1, 0.15) is 6.92 Å². The number of hydrogen-bond acceptors (Lipinski definition) is 5. The van der Waals surface area contributed by atoms with Crippen LogP contribution in [-0.4, -0.2) is 20.2 Å². The zero-order valence-corrected chi connectivity index (χ0v) is 9.77. The van der Waals surface area contributed by atoms with Crippen LogP contribution in [0.5, 0.6) is 17.2 Å². The van der Waals surface area contributed by atoms with Gasteiger partial charge in [0.05, 0.1) is 14.2 Å². The van der Waals surface area contributed by atoms with Gasteiger partial charge in [0.2, 0.25) is 0 Å². The summed E-state index contributed by atoms with van der Waals surface area (Å²) < 4.78 is 20.7. The molecule has 0 aliphatic heterocycles. The molecule has 5 heteroatoms. The molecule has 2 rings (SSSR count). The molecule has 0 N–H and O–H groups in total. The second-order valence-corrected chi connectivity index (χ2v) is 3.40. The summed E-state index contributed by atoms with van der Waals surface area (Å²) in [6.45, 7) is 1.33. The monoisotopic (exact) mass is 236 g/mol. The first kappa shape index (κ1) is 11.3. The molecule has 0 fully saturated rings. The van der Waals surface area contributed by atoms with Crippen molar-refractivity contribution in [2.45, 2.75) is 6.92 Å². The molecule has 0 aliphatic rings. The molecule has 0 saturated carbocycles. The molecule has 0 unspecified atom stereocenters. The van der Waals surface area contributed by atoms with Crippen molar-refractivity contribution in [2.75, 3.05) is 14.2 Å². The van der Waals surface area contributed by atoms with Gasteiger partial charge in [-0.3, -0.25) is 4.79 Å². The van der Waals surface area contributed by atoms with Crippen molar-refractivity contribution in [3.05, 3.63) is 18.4 Å². The maximum atomic E-state index is 10.9. The summed E-state index contributed by atoms with van der Waals surface area (Å²) in [5, 5.41) is 0.614. The van der Waals surface area contributed by atoms with Gasteiger partial charge in [-0.2, -0.15) is 0 Å². The van der Waals surface area contributed by atoms with Gasteiger partial charge in [0.1, 0.15) is 28.7 Å². The molecular weight excluding hydrogens is 224 g/mol. The molecule has 0 bridgehead atoms. The third-order valence-electron chi connectivity index (χ3n) is 2.29. The summed E-state index contributed by atoms with van der Waals surface area (Å²) in [5.41, 5.74) is 0.539. The molecule has 0 amide bonds. The number of fused-ring (bicyclic) bond motifs is 1. The number of rotatable bonds is 3. The Morgan fingerprint density at radius 2 is 1.94 bits per heavy atom. The lowest BCUT2D eigenvalue weighted by atomic mass is 10.2. The van der Waals surface area contributed by atoms with Crippen LogP contribution in [0, 0.1) is 0 Å². The molecule has 0 spiro atoms. The Balaban J connectivity index is 2.61. The van der Waals surface area contributed by atoms with Crippen LogP contribution < -0.4 is 14.2 Å². The molecule has 0 atom stereocenters. The first-order chi connectivity index (χ1) is 8.15. The van der Waals surface area contributed by atoms with Gasteiger partial charge in [0, 0.05) is 19.1 Å². The van der Waals surface area contributed by atoms with Crippen molar-refractivity contribution in [3.63, 3.8) is 0 Å². The minimum absolute atomic E-state index is 0.340. The molecule has 0 radical (unpaired) electrons. The Labute approximate surface area is 97.9 Å². The van der Waals surface area contributed by atoms with Gasteiger partial charge >= 0.3 is 5.97 Å². The van der Waals surface area contributed by atoms with E-state index in [1.807, 2.05) is 0 Å². The lowest BCUT2D eigenvalue weighted by Gasteiger charge is -2.06. The average Bonchev–Trinajstić information content (AvgIpc) is 2.70. The Morgan fingerprint density at radius 3 is 2.53 bits per heavy atom. The summed E-state index contributed by atoms with van der Waals surface area (Å²) in [4.78, 5) is 10.9. The van der Waals surface area contributed by atoms with Gasteiger partial charge in [-0.05, 0) is 0 Å². The van der Waals surface area contributed by atoms with E-state index in [0.29, 0.717) is 28.2 Å². The van der Waals surface area contributed by atoms with Crippen LogP contribution in [0.3, 0.4) is 0 Å².